The van der Waals surface area contributed by atoms with Crippen molar-refractivity contribution in [1.29, 1.82) is 0 Å². The van der Waals surface area contributed by atoms with Crippen molar-refractivity contribution >= 4 is 11.9 Å². The Morgan fingerprint density at radius 1 is 1.26 bits per heavy atom. The van der Waals surface area contributed by atoms with Crippen molar-refractivity contribution in [3.05, 3.63) is 0 Å². The number of carbonyl (C=O) groups excluding carboxylic acids is 2. The summed E-state index contributed by atoms with van der Waals surface area (Å²) < 4.78 is 4.84. The molecule has 2 aliphatic rings. The molecule has 1 N–H and O–H groups in total. The van der Waals surface area contributed by atoms with Gasteiger partial charge in [0.15, 0.2) is 0 Å². The highest BCUT2D eigenvalue weighted by Gasteiger charge is 2.39. The van der Waals surface area contributed by atoms with Gasteiger partial charge in [0.2, 0.25) is 5.91 Å². The molecule has 2 rings (SSSR count). The van der Waals surface area contributed by atoms with Gasteiger partial charge in [0.1, 0.15) is 0 Å². The first-order valence-corrected chi connectivity index (χ1v) is 7.61. The third-order valence-corrected chi connectivity index (χ3v) is 4.52. The number of nitrogens with one attached hydrogen (secondary N) is 1. The Kier molecular flexibility index (Phi) is 5.23. The fraction of sp³-hybridized carbons (Fsp3) is 0.867. The molecule has 2 bridgehead atoms. The van der Waals surface area contributed by atoms with E-state index in [-0.39, 0.29) is 11.9 Å². The maximum absolute atomic E-state index is 11.8. The third-order valence-electron chi connectivity index (χ3n) is 4.52. The molecule has 0 aromatic carbocycles. The molecule has 3 unspecified atom stereocenters. The third kappa shape index (κ3) is 4.22. The quantitative estimate of drug-likeness (QED) is 0.568. The minimum atomic E-state index is -0.176. The molecule has 2 saturated carbocycles. The van der Waals surface area contributed by atoms with E-state index in [2.05, 4.69) is 5.32 Å². The molecule has 4 heteroatoms. The molecule has 3 atom stereocenters. The summed E-state index contributed by atoms with van der Waals surface area (Å²) in [5, 5.41) is 2.92. The van der Waals surface area contributed by atoms with Crippen molar-refractivity contribution in [2.24, 2.45) is 17.8 Å². The maximum atomic E-state index is 11.8. The van der Waals surface area contributed by atoms with Crippen LogP contribution < -0.4 is 5.32 Å². The second-order valence-corrected chi connectivity index (χ2v) is 5.90. The normalized spacial score (nSPS) is 28.4. The highest BCUT2D eigenvalue weighted by Crippen LogP contribution is 2.49. The fourth-order valence-electron chi connectivity index (χ4n) is 3.63. The van der Waals surface area contributed by atoms with E-state index in [1.165, 1.54) is 25.7 Å². The molecule has 0 aromatic heterocycles. The van der Waals surface area contributed by atoms with Crippen LogP contribution in [-0.2, 0) is 14.3 Å². The van der Waals surface area contributed by atoms with Crippen LogP contribution in [0.3, 0.4) is 0 Å². The van der Waals surface area contributed by atoms with E-state index in [9.17, 15) is 9.59 Å². The van der Waals surface area contributed by atoms with Gasteiger partial charge in [0, 0.05) is 19.4 Å². The van der Waals surface area contributed by atoms with Crippen molar-refractivity contribution in [2.45, 2.75) is 51.9 Å². The lowest BCUT2D eigenvalue weighted by atomic mass is 9.86. The predicted octanol–water partition coefficient (Wildman–Crippen LogP) is 2.27. The van der Waals surface area contributed by atoms with Gasteiger partial charge in [-0.1, -0.05) is 6.42 Å². The Morgan fingerprint density at radius 2 is 2.11 bits per heavy atom. The second kappa shape index (κ2) is 6.92. The Hall–Kier alpha value is -1.06. The van der Waals surface area contributed by atoms with Gasteiger partial charge >= 0.3 is 5.97 Å². The minimum Gasteiger partial charge on any atom is -0.466 e. The minimum absolute atomic E-state index is 0.154. The van der Waals surface area contributed by atoms with Crippen LogP contribution in [-0.4, -0.2) is 25.0 Å². The van der Waals surface area contributed by atoms with Crippen LogP contribution in [0.15, 0.2) is 0 Å². The van der Waals surface area contributed by atoms with E-state index in [0.29, 0.717) is 38.3 Å². The monoisotopic (exact) mass is 267 g/mol. The van der Waals surface area contributed by atoms with Crippen molar-refractivity contribution in [3.63, 3.8) is 0 Å². The Labute approximate surface area is 115 Å². The van der Waals surface area contributed by atoms with Gasteiger partial charge in [-0.05, 0) is 50.4 Å². The highest BCUT2D eigenvalue weighted by molar-refractivity contribution is 5.76. The zero-order chi connectivity index (χ0) is 13.7. The van der Waals surface area contributed by atoms with Gasteiger partial charge in [0.25, 0.3) is 0 Å². The lowest BCUT2D eigenvalue weighted by molar-refractivity contribution is -0.143. The van der Waals surface area contributed by atoms with Crippen LogP contribution in [0, 0.1) is 17.8 Å². The molecule has 19 heavy (non-hydrogen) atoms. The molecule has 2 aliphatic carbocycles. The number of hydrogen-bond acceptors (Lipinski definition) is 3. The van der Waals surface area contributed by atoms with E-state index in [4.69, 9.17) is 4.74 Å². The topological polar surface area (TPSA) is 55.4 Å². The number of hydrogen-bond donors (Lipinski definition) is 1. The summed E-state index contributed by atoms with van der Waals surface area (Å²) in [5.41, 5.74) is 0. The molecule has 0 radical (unpaired) electrons. The summed E-state index contributed by atoms with van der Waals surface area (Å²) >= 11 is 0. The molecule has 108 valence electrons. The van der Waals surface area contributed by atoms with Crippen LogP contribution in [0.2, 0.25) is 0 Å². The lowest BCUT2D eigenvalue weighted by Gasteiger charge is -2.20. The van der Waals surface area contributed by atoms with Crippen LogP contribution in [0.4, 0.5) is 0 Å². The van der Waals surface area contributed by atoms with Gasteiger partial charge in [-0.3, -0.25) is 9.59 Å². The molecule has 0 aromatic rings. The van der Waals surface area contributed by atoms with Crippen LogP contribution in [0.25, 0.3) is 0 Å². The number of esters is 1. The van der Waals surface area contributed by atoms with E-state index >= 15 is 0 Å². The Bertz CT molecular complexity index is 329. The largest absolute Gasteiger partial charge is 0.466 e. The lowest BCUT2D eigenvalue weighted by Crippen LogP contribution is -2.28. The molecular weight excluding hydrogens is 242 g/mol. The zero-order valence-corrected chi connectivity index (χ0v) is 11.8. The zero-order valence-electron chi connectivity index (χ0n) is 11.8. The van der Waals surface area contributed by atoms with E-state index in [0.717, 1.165) is 11.8 Å². The van der Waals surface area contributed by atoms with E-state index in [1.807, 2.05) is 0 Å². The molecular formula is C15H25NO3. The number of carbonyl (C=O) groups is 2. The van der Waals surface area contributed by atoms with Gasteiger partial charge in [-0.25, -0.2) is 0 Å². The van der Waals surface area contributed by atoms with Crippen molar-refractivity contribution in [3.8, 4) is 0 Å². The first-order valence-electron chi connectivity index (χ1n) is 7.61. The number of rotatable bonds is 7. The van der Waals surface area contributed by atoms with Gasteiger partial charge in [0.05, 0.1) is 6.61 Å². The first kappa shape index (κ1) is 14.4. The van der Waals surface area contributed by atoms with Crippen LogP contribution in [0.1, 0.15) is 51.9 Å². The maximum Gasteiger partial charge on any atom is 0.305 e. The molecule has 1 amide bonds. The second-order valence-electron chi connectivity index (χ2n) is 5.90. The highest BCUT2D eigenvalue weighted by atomic mass is 16.5. The smallest absolute Gasteiger partial charge is 0.305 e. The van der Waals surface area contributed by atoms with Gasteiger partial charge < -0.3 is 10.1 Å². The van der Waals surface area contributed by atoms with Crippen molar-refractivity contribution < 1.29 is 14.3 Å². The predicted molar refractivity (Wildman–Crippen MR) is 72.4 cm³/mol. The van der Waals surface area contributed by atoms with Gasteiger partial charge in [-0.2, -0.15) is 0 Å². The Morgan fingerprint density at radius 3 is 2.74 bits per heavy atom. The van der Waals surface area contributed by atoms with Crippen LogP contribution in [0.5, 0.6) is 0 Å². The van der Waals surface area contributed by atoms with Crippen LogP contribution >= 0.6 is 0 Å². The SMILES string of the molecule is CCOC(=O)CCCNC(=O)CC1CC2CCC1C2. The summed E-state index contributed by atoms with van der Waals surface area (Å²) in [5.74, 6) is 2.29. The van der Waals surface area contributed by atoms with Crippen molar-refractivity contribution in [1.82, 2.24) is 5.32 Å². The number of ether oxygens (including phenoxy) is 1. The van der Waals surface area contributed by atoms with E-state index < -0.39 is 0 Å². The Balaban J connectivity index is 1.54. The number of amides is 1. The molecule has 0 spiro atoms. The number of fused-ring (bicyclic) bond motifs is 2. The average molecular weight is 267 g/mol. The molecule has 0 aliphatic heterocycles. The van der Waals surface area contributed by atoms with Crippen molar-refractivity contribution in [2.75, 3.05) is 13.2 Å². The molecule has 0 saturated heterocycles. The fourth-order valence-corrected chi connectivity index (χ4v) is 3.63. The molecule has 2 fully saturated rings. The summed E-state index contributed by atoms with van der Waals surface area (Å²) in [7, 11) is 0. The first-order chi connectivity index (χ1) is 9.19. The standard InChI is InChI=1S/C15H25NO3/c1-2-19-15(18)4-3-7-16-14(17)10-13-9-11-5-6-12(13)8-11/h11-13H,2-10H2,1H3,(H,16,17). The summed E-state index contributed by atoms with van der Waals surface area (Å²) in [6.07, 6.45) is 7.04. The summed E-state index contributed by atoms with van der Waals surface area (Å²) in [4.78, 5) is 22.9. The summed E-state index contributed by atoms with van der Waals surface area (Å²) in [6, 6.07) is 0. The van der Waals surface area contributed by atoms with E-state index in [1.54, 1.807) is 6.92 Å². The van der Waals surface area contributed by atoms with Gasteiger partial charge in [-0.15, -0.1) is 0 Å². The molecule has 4 nitrogen and oxygen atoms in total. The summed E-state index contributed by atoms with van der Waals surface area (Å²) in [6.45, 7) is 2.81. The average Bonchev–Trinajstić information content (AvgIpc) is 2.97. The molecule has 0 heterocycles.